The number of rotatable bonds is 14. The third kappa shape index (κ3) is 27.1. The molecule has 0 heterocycles. The van der Waals surface area contributed by atoms with Crippen molar-refractivity contribution in [3.8, 4) is 6.07 Å². The quantitative estimate of drug-likeness (QED) is 0.272. The van der Waals surface area contributed by atoms with E-state index >= 15 is 0 Å². The van der Waals surface area contributed by atoms with Gasteiger partial charge in [0.2, 0.25) is 6.54 Å². The van der Waals surface area contributed by atoms with E-state index in [1.807, 2.05) is 6.07 Å². The second kappa shape index (κ2) is 24.7. The number of nitriles is 1. The summed E-state index contributed by atoms with van der Waals surface area (Å²) in [5.41, 5.74) is 10.5. The Morgan fingerprint density at radius 2 is 1.36 bits per heavy atom. The predicted molar refractivity (Wildman–Crippen MR) is 82.6 cm³/mol. The third-order valence-corrected chi connectivity index (χ3v) is 2.02. The molecule has 0 aliphatic carbocycles. The summed E-state index contributed by atoms with van der Waals surface area (Å²) in [6, 6.07) is 1.94. The van der Waals surface area contributed by atoms with Crippen LogP contribution in [-0.4, -0.2) is 59.6 Å². The van der Waals surface area contributed by atoms with Crippen molar-refractivity contribution in [1.82, 2.24) is 0 Å². The summed E-state index contributed by atoms with van der Waals surface area (Å²) in [5.74, 6) is 0. The lowest BCUT2D eigenvalue weighted by atomic mass is 10.5. The van der Waals surface area contributed by atoms with Crippen LogP contribution in [0.25, 0.3) is 4.85 Å². The van der Waals surface area contributed by atoms with E-state index in [1.165, 1.54) is 0 Å². The summed E-state index contributed by atoms with van der Waals surface area (Å²) in [6.07, 6.45) is 2.16. The van der Waals surface area contributed by atoms with Crippen LogP contribution in [0.1, 0.15) is 19.3 Å². The van der Waals surface area contributed by atoms with Crippen LogP contribution in [0.3, 0.4) is 0 Å². The van der Waals surface area contributed by atoms with Crippen molar-refractivity contribution < 1.29 is 18.9 Å². The third-order valence-electron chi connectivity index (χ3n) is 2.02. The minimum Gasteiger partial charge on any atom is -0.355 e. The molecule has 8 nitrogen and oxygen atoms in total. The average molecular weight is 316 g/mol. The zero-order valence-electron chi connectivity index (χ0n) is 13.2. The number of ether oxygens (including phenoxy) is 4. The fourth-order valence-corrected chi connectivity index (χ4v) is 0.952. The zero-order chi connectivity index (χ0) is 16.7. The Morgan fingerprint density at radius 1 is 0.864 bits per heavy atom. The minimum absolute atomic E-state index is 0.178. The molecule has 128 valence electrons. The molecular weight excluding hydrogens is 288 g/mol. The Balaban J connectivity index is 0. The smallest absolute Gasteiger partial charge is 0.237 e. The van der Waals surface area contributed by atoms with Crippen LogP contribution in [0.5, 0.6) is 0 Å². The van der Waals surface area contributed by atoms with E-state index in [4.69, 9.17) is 42.2 Å². The van der Waals surface area contributed by atoms with E-state index in [0.29, 0.717) is 59.3 Å². The van der Waals surface area contributed by atoms with Gasteiger partial charge in [-0.1, -0.05) is 0 Å². The fourth-order valence-electron chi connectivity index (χ4n) is 0.952. The molecule has 0 radical (unpaired) electrons. The Morgan fingerprint density at radius 3 is 1.82 bits per heavy atom. The molecule has 0 amide bonds. The average Bonchev–Trinajstić information content (AvgIpc) is 2.54. The molecule has 0 aromatic heterocycles. The van der Waals surface area contributed by atoms with E-state index in [1.54, 1.807) is 0 Å². The van der Waals surface area contributed by atoms with Gasteiger partial charge in [-0.2, -0.15) is 5.26 Å². The fraction of sp³-hybridized carbons (Fsp3) is 0.857. The van der Waals surface area contributed by atoms with Gasteiger partial charge in [-0.15, -0.1) is 0 Å². The van der Waals surface area contributed by atoms with Gasteiger partial charge in [0, 0.05) is 0 Å². The van der Waals surface area contributed by atoms with Gasteiger partial charge < -0.3 is 35.3 Å². The highest BCUT2D eigenvalue weighted by molar-refractivity contribution is 4.66. The number of nitrogens with zero attached hydrogens (tertiary/aromatic N) is 2. The molecule has 8 heteroatoms. The molecule has 22 heavy (non-hydrogen) atoms. The first-order valence-electron chi connectivity index (χ1n) is 7.24. The molecule has 4 N–H and O–H groups in total. The topological polar surface area (TPSA) is 117 Å². The van der Waals surface area contributed by atoms with E-state index in [-0.39, 0.29) is 6.79 Å². The SMILES string of the molecule is NCCCOCOCCCN.[C-]#[N+]CCOCOCCC#N. The van der Waals surface area contributed by atoms with Crippen LogP contribution in [0.2, 0.25) is 0 Å². The predicted octanol–water partition coefficient (Wildman–Crippen LogP) is 0.485. The first-order valence-corrected chi connectivity index (χ1v) is 7.24. The Labute approximate surface area is 133 Å². The summed E-state index contributed by atoms with van der Waals surface area (Å²) < 4.78 is 19.9. The lowest BCUT2D eigenvalue weighted by molar-refractivity contribution is -0.0539. The van der Waals surface area contributed by atoms with Gasteiger partial charge >= 0.3 is 0 Å². The number of hydrogen-bond donors (Lipinski definition) is 2. The molecule has 0 saturated heterocycles. The summed E-state index contributed by atoms with van der Waals surface area (Å²) >= 11 is 0. The summed E-state index contributed by atoms with van der Waals surface area (Å²) in [5, 5.41) is 8.10. The molecule has 0 spiro atoms. The van der Waals surface area contributed by atoms with Gasteiger partial charge in [0.1, 0.15) is 20.2 Å². The molecule has 0 aliphatic heterocycles. The minimum atomic E-state index is 0.178. The second-order valence-corrected chi connectivity index (χ2v) is 3.94. The van der Waals surface area contributed by atoms with Crippen molar-refractivity contribution in [3.05, 3.63) is 11.4 Å². The lowest BCUT2D eigenvalue weighted by Gasteiger charge is -2.03. The van der Waals surface area contributed by atoms with E-state index in [2.05, 4.69) is 4.85 Å². The Hall–Kier alpha value is -1.26. The van der Waals surface area contributed by atoms with Crippen molar-refractivity contribution in [2.75, 3.05) is 59.6 Å². The van der Waals surface area contributed by atoms with Gasteiger partial charge in [-0.05, 0) is 25.9 Å². The normalized spacial score (nSPS) is 9.45. The molecule has 0 aromatic carbocycles. The molecule has 0 unspecified atom stereocenters. The molecule has 0 saturated carbocycles. The Bertz CT molecular complexity index is 253. The van der Waals surface area contributed by atoms with Crippen molar-refractivity contribution in [2.24, 2.45) is 11.5 Å². The maximum atomic E-state index is 8.10. The van der Waals surface area contributed by atoms with Crippen molar-refractivity contribution in [1.29, 1.82) is 5.26 Å². The van der Waals surface area contributed by atoms with E-state index < -0.39 is 0 Å². The summed E-state index contributed by atoms with van der Waals surface area (Å²) in [4.78, 5) is 3.09. The molecule has 0 bridgehead atoms. The summed E-state index contributed by atoms with van der Waals surface area (Å²) in [7, 11) is 0. The van der Waals surface area contributed by atoms with Crippen LogP contribution in [0.15, 0.2) is 0 Å². The lowest BCUT2D eigenvalue weighted by Crippen LogP contribution is -2.09. The molecule has 0 atom stereocenters. The molecule has 0 fully saturated rings. The monoisotopic (exact) mass is 316 g/mol. The van der Waals surface area contributed by atoms with Crippen LogP contribution < -0.4 is 11.5 Å². The summed E-state index contributed by atoms with van der Waals surface area (Å²) in [6.45, 7) is 10.8. The highest BCUT2D eigenvalue weighted by atomic mass is 16.7. The standard InChI is InChI=1S/C7H10N2O2.C7H18N2O2/c1-9-4-6-11-7-10-5-2-3-8;8-3-1-5-10-7-11-6-2-4-9/h2,4-7H2;1-9H2. The van der Waals surface area contributed by atoms with E-state index in [9.17, 15) is 0 Å². The van der Waals surface area contributed by atoms with Gasteiger partial charge in [0.05, 0.1) is 32.3 Å². The van der Waals surface area contributed by atoms with Crippen LogP contribution in [0, 0.1) is 17.9 Å². The molecular formula is C14H28N4O4. The van der Waals surface area contributed by atoms with Crippen molar-refractivity contribution in [3.63, 3.8) is 0 Å². The number of hydrogen-bond acceptors (Lipinski definition) is 7. The number of nitrogens with two attached hydrogens (primary N) is 2. The van der Waals surface area contributed by atoms with Crippen LogP contribution >= 0.6 is 0 Å². The van der Waals surface area contributed by atoms with Crippen molar-refractivity contribution >= 4 is 0 Å². The first-order chi connectivity index (χ1) is 10.8. The highest BCUT2D eigenvalue weighted by Gasteiger charge is 1.89. The first kappa shape index (κ1) is 23.0. The van der Waals surface area contributed by atoms with Crippen LogP contribution in [0.4, 0.5) is 0 Å². The molecule has 0 rings (SSSR count). The van der Waals surface area contributed by atoms with Gasteiger partial charge in [0.15, 0.2) is 0 Å². The van der Waals surface area contributed by atoms with Crippen molar-refractivity contribution in [2.45, 2.75) is 19.3 Å². The second-order valence-electron chi connectivity index (χ2n) is 3.94. The van der Waals surface area contributed by atoms with E-state index in [0.717, 1.165) is 12.8 Å². The van der Waals surface area contributed by atoms with Crippen LogP contribution in [-0.2, 0) is 18.9 Å². The Kier molecular flexibility index (Phi) is 25.9. The molecule has 0 aliphatic rings. The van der Waals surface area contributed by atoms with Gasteiger partial charge in [-0.25, -0.2) is 6.57 Å². The van der Waals surface area contributed by atoms with Gasteiger partial charge in [0.25, 0.3) is 0 Å². The maximum Gasteiger partial charge on any atom is 0.237 e. The maximum absolute atomic E-state index is 8.10. The largest absolute Gasteiger partial charge is 0.355 e. The van der Waals surface area contributed by atoms with Gasteiger partial charge in [-0.3, -0.25) is 0 Å². The highest BCUT2D eigenvalue weighted by Crippen LogP contribution is 1.83. The molecule has 0 aromatic rings. The zero-order valence-corrected chi connectivity index (χ0v) is 13.2.